The summed E-state index contributed by atoms with van der Waals surface area (Å²) in [6.45, 7) is 2.67. The average Bonchev–Trinajstić information content (AvgIpc) is 0.752. The van der Waals surface area contributed by atoms with E-state index in [-0.39, 0.29) is 45.5 Å². The molecular formula is C77H90N4O22S2. The standard InChI is InChI=1S/C27H27NO8S.C26H25NO7S.C11H15NO4.C11H15NO3.2CH4/c1-33-23-9-8-17-12-22-20-14-25(35-16-26(29)30)24(34-2)13-18(20)10-11-28(22)15-21(17)27(23)36-37(31,32)19-6-4-3-5-7-19;1-32-23-9-8-16-12-22-19-14-20(26(28)29)24(33-2)13-17(19)10-11-27(22)15-21(16)25(23)34-35(30,31)18-6-4-3-5-7-18;1-15-10-6-8(4-5-12)2-3-9(10)16-7-11(13)14;1-14-10-7-8(5-6-12)3-4-9(10)11(13)15-2;;/h3-9,13-14,22H,10-12,15-16H2,1-2H3,(H,29,30);3-9,13-14,22H,10-12,15H2,1-2H3,(H,28,29);2-3,6H,4-5,7,12H2,1H3,(H,13,14);3-4,7H,5-6,12H2,1-2H3;2*1H4/i;;;;2*1T. The van der Waals surface area contributed by atoms with Crippen molar-refractivity contribution in [3.05, 3.63) is 212 Å². The van der Waals surface area contributed by atoms with E-state index in [1.165, 1.54) is 88.8 Å². The summed E-state index contributed by atoms with van der Waals surface area (Å²) in [5.74, 6) is 0.259. The fourth-order valence-electron chi connectivity index (χ4n) is 12.6. The number of nitrogens with zero attached hydrogens (tertiary/aromatic N) is 2. The zero-order chi connectivity index (χ0) is 78.1. The average molecular weight is 1490 g/mol. The zero-order valence-corrected chi connectivity index (χ0v) is 61.5. The third-order valence-electron chi connectivity index (χ3n) is 17.6. The van der Waals surface area contributed by atoms with Crippen molar-refractivity contribution >= 4 is 44.1 Å². The molecular weight excluding hydrogens is 1400 g/mol. The third-order valence-corrected chi connectivity index (χ3v) is 20.1. The van der Waals surface area contributed by atoms with Crippen LogP contribution in [0.4, 0.5) is 0 Å². The fraction of sp³-hybridized carbons (Fsp3) is 0.325. The van der Waals surface area contributed by atoms with Crippen LogP contribution in [0.2, 0.25) is 0 Å². The summed E-state index contributed by atoms with van der Waals surface area (Å²) >= 11 is 0. The van der Waals surface area contributed by atoms with E-state index in [9.17, 15) is 41.1 Å². The van der Waals surface area contributed by atoms with E-state index in [0.29, 0.717) is 90.6 Å². The second-order valence-electron chi connectivity index (χ2n) is 23.8. The maximum Gasteiger partial charge on any atom is 0.341 e. The molecule has 0 amide bonds. The van der Waals surface area contributed by atoms with Gasteiger partial charge in [0.15, 0.2) is 59.2 Å². The van der Waals surface area contributed by atoms with Crippen LogP contribution in [-0.4, -0.2) is 155 Å². The van der Waals surface area contributed by atoms with Crippen LogP contribution in [0.15, 0.2) is 155 Å². The minimum absolute atomic E-state index is 0.00121. The molecule has 0 bridgehead atoms. The van der Waals surface area contributed by atoms with Gasteiger partial charge in [0.05, 0.1) is 49.8 Å². The van der Waals surface area contributed by atoms with Crippen LogP contribution in [0.3, 0.4) is 0 Å². The highest BCUT2D eigenvalue weighted by Crippen LogP contribution is 2.49. The van der Waals surface area contributed by atoms with Crippen molar-refractivity contribution in [1.82, 2.24) is 9.80 Å². The number of carbonyl (C=O) groups excluding carboxylic acids is 1. The highest BCUT2D eigenvalue weighted by Gasteiger charge is 2.39. The van der Waals surface area contributed by atoms with Crippen LogP contribution in [0, 0.1) is 0 Å². The third kappa shape index (κ3) is 19.6. The topological polar surface area (TPSA) is 357 Å². The lowest BCUT2D eigenvalue weighted by Gasteiger charge is -2.42. The predicted molar refractivity (Wildman–Crippen MR) is 391 cm³/mol. The molecule has 0 fully saturated rings. The first-order valence-corrected chi connectivity index (χ1v) is 35.3. The molecule has 28 heteroatoms. The highest BCUT2D eigenvalue weighted by molar-refractivity contribution is 7.87. The van der Waals surface area contributed by atoms with Gasteiger partial charge in [-0.15, -0.1) is 0 Å². The number of aromatic carboxylic acids is 1. The van der Waals surface area contributed by atoms with Gasteiger partial charge in [0, 0.05) is 52.1 Å². The molecule has 2 unspecified atom stereocenters. The molecule has 4 aliphatic rings. The summed E-state index contributed by atoms with van der Waals surface area (Å²) in [4.78, 5) is 49.2. The van der Waals surface area contributed by atoms with Crippen LogP contribution >= 0.6 is 0 Å². The SMILES string of the molecule is COC(=O)c1ccc(CCN)cc1OC.COc1cc(CCN)ccc1OCC(=O)O.COc1cc2c(cc1C(=O)O)C1Cc3ccc(OC)c(OS(=O)(=O)c4ccccc4)c3CN1CC2.COc1cc2c(cc1OCC(=O)O)C1Cc3ccc(OC)c(OS(=O)(=O)c4ccccc4)c3CN1CC2.[3H]C.[3H]C. The summed E-state index contributed by atoms with van der Waals surface area (Å²) in [6, 6.07) is 41.2. The van der Waals surface area contributed by atoms with Gasteiger partial charge in [0.1, 0.15) is 32.4 Å². The number of aliphatic carboxylic acids is 2. The molecule has 0 radical (unpaired) electrons. The van der Waals surface area contributed by atoms with Crippen molar-refractivity contribution < 1.29 is 105 Å². The first kappa shape index (κ1) is 78.5. The number of esters is 1. The van der Waals surface area contributed by atoms with Gasteiger partial charge in [-0.25, -0.2) is 19.2 Å². The molecule has 562 valence electrons. The molecule has 7 N–H and O–H groups in total. The van der Waals surface area contributed by atoms with E-state index in [1.54, 1.807) is 78.9 Å². The molecule has 8 aromatic rings. The van der Waals surface area contributed by atoms with E-state index in [1.807, 2.05) is 42.5 Å². The van der Waals surface area contributed by atoms with Gasteiger partial charge >= 0.3 is 44.1 Å². The molecule has 0 saturated carbocycles. The Bertz CT molecular complexity index is 4610. The number of nitrogens with two attached hydrogens (primary N) is 2. The molecule has 4 heterocycles. The molecule has 0 spiro atoms. The van der Waals surface area contributed by atoms with Crippen LogP contribution in [0.25, 0.3) is 0 Å². The van der Waals surface area contributed by atoms with E-state index in [0.717, 1.165) is 94.4 Å². The Balaban J connectivity index is 0.000000210. The Hall–Kier alpha value is -10.6. The Morgan fingerprint density at radius 3 is 1.30 bits per heavy atom. The van der Waals surface area contributed by atoms with E-state index in [2.05, 4.69) is 14.5 Å². The lowest BCUT2D eigenvalue weighted by atomic mass is 9.83. The number of hydrogen-bond acceptors (Lipinski definition) is 23. The van der Waals surface area contributed by atoms with Crippen molar-refractivity contribution in [2.24, 2.45) is 11.5 Å². The lowest BCUT2D eigenvalue weighted by Crippen LogP contribution is -2.39. The number of rotatable bonds is 24. The first-order valence-electron chi connectivity index (χ1n) is 34.5. The molecule has 4 aliphatic heterocycles. The van der Waals surface area contributed by atoms with Gasteiger partial charge in [-0.1, -0.05) is 75.5 Å². The van der Waals surface area contributed by atoms with Gasteiger partial charge in [-0.3, -0.25) is 9.80 Å². The number of carboxylic acid groups (broad SMARTS) is 3. The van der Waals surface area contributed by atoms with Crippen LogP contribution in [0.1, 0.15) is 106 Å². The van der Waals surface area contributed by atoms with Gasteiger partial charge in [0.2, 0.25) is 0 Å². The maximum absolute atomic E-state index is 13.1. The largest absolute Gasteiger partial charge is 0.496 e. The molecule has 0 saturated heterocycles. The quantitative estimate of drug-likeness (QED) is 0.0277. The van der Waals surface area contributed by atoms with Crippen molar-refractivity contribution in [1.29, 1.82) is 0 Å². The summed E-state index contributed by atoms with van der Waals surface area (Å²) in [7, 11) is 4.72. The van der Waals surface area contributed by atoms with Crippen LogP contribution in [0.5, 0.6) is 57.5 Å². The van der Waals surface area contributed by atoms with Gasteiger partial charge in [-0.05, 0) is 181 Å². The molecule has 105 heavy (non-hydrogen) atoms. The number of ether oxygens (including phenoxy) is 9. The van der Waals surface area contributed by atoms with Crippen molar-refractivity contribution in [3.63, 3.8) is 0 Å². The van der Waals surface area contributed by atoms with Gasteiger partial charge in [-0.2, -0.15) is 16.8 Å². The first-order chi connectivity index (χ1) is 51.5. The number of carbonyl (C=O) groups is 4. The summed E-state index contributed by atoms with van der Waals surface area (Å²) in [5, 5.41) is 27.2. The number of fused-ring (bicyclic) bond motifs is 8. The Kier molecular flexibility index (Phi) is 27.8. The van der Waals surface area contributed by atoms with Crippen molar-refractivity contribution in [3.8, 4) is 57.5 Å². The van der Waals surface area contributed by atoms with Crippen molar-refractivity contribution in [2.45, 2.75) is 88.3 Å². The molecule has 12 rings (SSSR count). The molecule has 26 nitrogen and oxygen atoms in total. The molecule has 2 atom stereocenters. The second-order valence-corrected chi connectivity index (χ2v) is 26.9. The Morgan fingerprint density at radius 2 is 0.867 bits per heavy atom. The minimum atomic E-state index is -4.06. The number of benzene rings is 8. The Morgan fingerprint density at radius 1 is 0.467 bits per heavy atom. The zero-order valence-electron chi connectivity index (χ0n) is 61.9. The lowest BCUT2D eigenvalue weighted by molar-refractivity contribution is -0.140. The number of carboxylic acids is 3. The highest BCUT2D eigenvalue weighted by atomic mass is 32.2. The van der Waals surface area contributed by atoms with E-state index in [4.69, 9.17) is 70.7 Å². The number of methoxy groups -OCH3 is 7. The summed E-state index contributed by atoms with van der Waals surface area (Å²) in [5.41, 5.74) is 21.1. The number of hydrogen-bond donors (Lipinski definition) is 5. The van der Waals surface area contributed by atoms with Gasteiger partial charge in [0.25, 0.3) is 0 Å². The summed E-state index contributed by atoms with van der Waals surface area (Å²) < 4.78 is 122. The predicted octanol–water partition coefficient (Wildman–Crippen LogP) is 10.3. The Labute approximate surface area is 614 Å². The molecule has 0 aromatic heterocycles. The smallest absolute Gasteiger partial charge is 0.341 e. The minimum Gasteiger partial charge on any atom is -0.496 e. The van der Waals surface area contributed by atoms with Crippen LogP contribution < -0.4 is 57.7 Å². The normalized spacial score (nSPS) is 14.6. The summed E-state index contributed by atoms with van der Waals surface area (Å²) in [6.07, 6.45) is 4.17. The monoisotopic (exact) mass is 1490 g/mol. The van der Waals surface area contributed by atoms with E-state index >= 15 is 0 Å². The maximum atomic E-state index is 13.1. The van der Waals surface area contributed by atoms with Gasteiger partial charge < -0.3 is 77.8 Å². The molecule has 8 aromatic carbocycles. The van der Waals surface area contributed by atoms with Crippen molar-refractivity contribution in [2.75, 3.05) is 89.2 Å². The van der Waals surface area contributed by atoms with E-state index < -0.39 is 50.7 Å². The second kappa shape index (κ2) is 37.2. The molecule has 0 aliphatic carbocycles. The fourth-order valence-corrected chi connectivity index (χ4v) is 14.6. The van der Waals surface area contributed by atoms with Crippen LogP contribution in [-0.2, 0) is 86.2 Å².